The smallest absolute Gasteiger partial charge is 0.407 e. The Labute approximate surface area is 224 Å². The largest absolute Gasteiger partial charge is 0.494 e. The Morgan fingerprint density at radius 3 is 2.58 bits per heavy atom. The van der Waals surface area contributed by atoms with Crippen molar-refractivity contribution in [2.75, 3.05) is 20.8 Å². The molecule has 0 bridgehead atoms. The van der Waals surface area contributed by atoms with E-state index in [1.807, 2.05) is 13.0 Å². The van der Waals surface area contributed by atoms with Crippen LogP contribution in [-0.4, -0.2) is 53.9 Å². The van der Waals surface area contributed by atoms with Crippen molar-refractivity contribution < 1.29 is 33.0 Å². The molecule has 1 N–H and O–H groups in total. The quantitative estimate of drug-likeness (QED) is 0.330. The van der Waals surface area contributed by atoms with E-state index in [2.05, 4.69) is 15.3 Å². The van der Waals surface area contributed by atoms with E-state index < -0.39 is 23.6 Å². The molecule has 0 radical (unpaired) electrons. The topological polar surface area (TPSA) is 134 Å². The number of benzene rings is 1. The molecule has 11 nitrogen and oxygen atoms in total. The van der Waals surface area contributed by atoms with E-state index in [-0.39, 0.29) is 12.3 Å². The minimum Gasteiger partial charge on any atom is -0.494 e. The van der Waals surface area contributed by atoms with Gasteiger partial charge in [0.15, 0.2) is 10.7 Å². The van der Waals surface area contributed by atoms with Crippen LogP contribution in [0.15, 0.2) is 33.7 Å². The Morgan fingerprint density at radius 2 is 1.95 bits per heavy atom. The van der Waals surface area contributed by atoms with Crippen LogP contribution in [0.5, 0.6) is 5.75 Å². The van der Waals surface area contributed by atoms with Crippen molar-refractivity contribution >= 4 is 39.5 Å². The van der Waals surface area contributed by atoms with Crippen molar-refractivity contribution in [2.45, 2.75) is 53.2 Å². The third-order valence-corrected chi connectivity index (χ3v) is 6.16. The number of allylic oxidation sites excluding steroid dienone is 1. The summed E-state index contributed by atoms with van der Waals surface area (Å²) < 4.78 is 23.7. The van der Waals surface area contributed by atoms with Gasteiger partial charge in [0, 0.05) is 20.0 Å². The number of ether oxygens (including phenoxy) is 3. The lowest BCUT2D eigenvalue weighted by molar-refractivity contribution is 0.0532. The summed E-state index contributed by atoms with van der Waals surface area (Å²) in [6, 6.07) is 3.24. The summed E-state index contributed by atoms with van der Waals surface area (Å²) in [7, 11) is 2.79. The van der Waals surface area contributed by atoms with E-state index in [1.54, 1.807) is 50.5 Å². The Hall–Kier alpha value is -3.93. The summed E-state index contributed by atoms with van der Waals surface area (Å²) in [5.41, 5.74) is 0.884. The van der Waals surface area contributed by atoms with Crippen LogP contribution >= 0.6 is 11.3 Å². The average molecular weight is 545 g/mol. The molecule has 2 amide bonds. The van der Waals surface area contributed by atoms with E-state index in [4.69, 9.17) is 18.6 Å². The van der Waals surface area contributed by atoms with Crippen molar-refractivity contribution in [1.82, 2.24) is 14.9 Å². The molecule has 0 saturated heterocycles. The van der Waals surface area contributed by atoms with E-state index in [0.717, 1.165) is 0 Å². The van der Waals surface area contributed by atoms with Crippen LogP contribution in [0.2, 0.25) is 0 Å². The number of rotatable bonds is 8. The monoisotopic (exact) mass is 544 g/mol. The van der Waals surface area contributed by atoms with Crippen LogP contribution in [0.1, 0.15) is 60.2 Å². The second kappa shape index (κ2) is 12.1. The zero-order valence-electron chi connectivity index (χ0n) is 22.5. The van der Waals surface area contributed by atoms with Crippen LogP contribution in [0.4, 0.5) is 4.79 Å². The van der Waals surface area contributed by atoms with Crippen molar-refractivity contribution in [3.05, 3.63) is 52.0 Å². The summed E-state index contributed by atoms with van der Waals surface area (Å²) >= 11 is 1.22. The lowest BCUT2D eigenvalue weighted by atomic mass is 10.2. The van der Waals surface area contributed by atoms with Crippen molar-refractivity contribution in [3.8, 4) is 5.75 Å². The van der Waals surface area contributed by atoms with Gasteiger partial charge < -0.3 is 28.5 Å². The summed E-state index contributed by atoms with van der Waals surface area (Å²) in [6.45, 7) is 9.45. The van der Waals surface area contributed by atoms with Gasteiger partial charge in [0.2, 0.25) is 5.76 Å². The molecule has 0 unspecified atom stereocenters. The number of amides is 2. The summed E-state index contributed by atoms with van der Waals surface area (Å²) in [5.74, 6) is -0.191. The number of thiazole rings is 1. The van der Waals surface area contributed by atoms with Crippen LogP contribution < -0.4 is 14.9 Å². The molecule has 2 heterocycles. The van der Waals surface area contributed by atoms with Crippen molar-refractivity contribution in [2.24, 2.45) is 4.99 Å². The molecule has 0 fully saturated rings. The summed E-state index contributed by atoms with van der Waals surface area (Å²) in [5, 5.41) is 2.66. The zero-order chi connectivity index (χ0) is 28.0. The lowest BCUT2D eigenvalue weighted by Gasteiger charge is -2.19. The number of esters is 1. The number of aromatic nitrogens is 2. The average Bonchev–Trinajstić information content (AvgIpc) is 3.41. The Bertz CT molecular complexity index is 1440. The van der Waals surface area contributed by atoms with Gasteiger partial charge in [-0.3, -0.25) is 4.79 Å². The molecule has 1 aromatic carbocycles. The number of carbonyl (C=O) groups is 3. The van der Waals surface area contributed by atoms with Crippen LogP contribution in [0, 0.1) is 6.92 Å². The molecule has 0 atom stereocenters. The van der Waals surface area contributed by atoms with Gasteiger partial charge >= 0.3 is 18.0 Å². The zero-order valence-corrected chi connectivity index (χ0v) is 23.4. The maximum Gasteiger partial charge on any atom is 0.407 e. The normalized spacial score (nSPS) is 12.2. The summed E-state index contributed by atoms with van der Waals surface area (Å²) in [6.07, 6.45) is 3.57. The predicted molar refractivity (Wildman–Crippen MR) is 142 cm³/mol. The van der Waals surface area contributed by atoms with Crippen LogP contribution in [0.25, 0.3) is 10.2 Å². The second-order valence-electron chi connectivity index (χ2n) is 9.15. The fraction of sp³-hybridized carbons (Fsp3) is 0.423. The van der Waals surface area contributed by atoms with E-state index >= 15 is 0 Å². The van der Waals surface area contributed by atoms with Crippen LogP contribution in [-0.2, 0) is 22.4 Å². The van der Waals surface area contributed by atoms with Gasteiger partial charge in [0.25, 0.3) is 0 Å². The SMILES string of the molecule is CCc1nc(C)oc1C(=O)N=c1sc2cc(C(=O)OC)cc(OC)c2n1C/C=C/CNC(=O)OC(C)(C)C. The summed E-state index contributed by atoms with van der Waals surface area (Å²) in [4.78, 5) is 46.1. The first-order valence-corrected chi connectivity index (χ1v) is 12.8. The Morgan fingerprint density at radius 1 is 1.21 bits per heavy atom. The van der Waals surface area contributed by atoms with Gasteiger partial charge in [-0.05, 0) is 39.3 Å². The first-order valence-electron chi connectivity index (χ1n) is 11.9. The number of oxazole rings is 1. The second-order valence-corrected chi connectivity index (χ2v) is 10.2. The minimum absolute atomic E-state index is 0.0910. The third-order valence-electron chi connectivity index (χ3n) is 5.13. The highest BCUT2D eigenvalue weighted by Crippen LogP contribution is 2.30. The first kappa shape index (κ1) is 28.6. The molecule has 0 aliphatic heterocycles. The minimum atomic E-state index is -0.596. The molecule has 3 aromatic rings. The number of methoxy groups -OCH3 is 2. The van der Waals surface area contributed by atoms with Gasteiger partial charge in [-0.15, -0.1) is 0 Å². The number of hydrogen-bond acceptors (Lipinski definition) is 9. The number of aryl methyl sites for hydroxylation is 2. The predicted octanol–water partition coefficient (Wildman–Crippen LogP) is 4.18. The Balaban J connectivity index is 2.02. The fourth-order valence-electron chi connectivity index (χ4n) is 3.55. The van der Waals surface area contributed by atoms with Gasteiger partial charge in [-0.25, -0.2) is 14.6 Å². The maximum absolute atomic E-state index is 13.1. The van der Waals surface area contributed by atoms with Crippen molar-refractivity contribution in [1.29, 1.82) is 0 Å². The van der Waals surface area contributed by atoms with Gasteiger partial charge in [-0.2, -0.15) is 4.99 Å². The van der Waals surface area contributed by atoms with Crippen molar-refractivity contribution in [3.63, 3.8) is 0 Å². The number of hydrogen-bond donors (Lipinski definition) is 1. The van der Waals surface area contributed by atoms with Gasteiger partial charge in [-0.1, -0.05) is 30.4 Å². The molecule has 12 heteroatoms. The molecule has 3 rings (SSSR count). The van der Waals surface area contributed by atoms with Gasteiger partial charge in [0.1, 0.15) is 16.9 Å². The van der Waals surface area contributed by atoms with E-state index in [1.165, 1.54) is 25.6 Å². The molecule has 0 saturated carbocycles. The third kappa shape index (κ3) is 6.88. The molecule has 204 valence electrons. The van der Waals surface area contributed by atoms with Gasteiger partial charge in [0.05, 0.1) is 30.2 Å². The lowest BCUT2D eigenvalue weighted by Crippen LogP contribution is -2.32. The number of alkyl carbamates (subject to hydrolysis) is 1. The molecule has 0 spiro atoms. The number of nitrogens with zero attached hydrogens (tertiary/aromatic N) is 3. The highest BCUT2D eigenvalue weighted by molar-refractivity contribution is 7.16. The number of fused-ring (bicyclic) bond motifs is 1. The standard InChI is InChI=1S/C26H32N4O7S/c1-8-17-21(36-15(2)28-17)22(31)29-24-30(12-10-9-11-27-25(33)37-26(3,4)5)20-18(34-6)13-16(23(32)35-7)14-19(20)38-24/h9-10,13-14H,8,11-12H2,1-7H3,(H,27,33)/b10-9+,29-24?. The molecule has 0 aliphatic rings. The van der Waals surface area contributed by atoms with Crippen LogP contribution in [0.3, 0.4) is 0 Å². The highest BCUT2D eigenvalue weighted by atomic mass is 32.1. The maximum atomic E-state index is 13.1. The number of carbonyl (C=O) groups excluding carboxylic acids is 3. The molecule has 38 heavy (non-hydrogen) atoms. The van der Waals surface area contributed by atoms with E-state index in [9.17, 15) is 14.4 Å². The Kier molecular flexibility index (Phi) is 9.10. The molecule has 2 aromatic heterocycles. The number of nitrogens with one attached hydrogen (secondary N) is 1. The molecular weight excluding hydrogens is 512 g/mol. The van der Waals surface area contributed by atoms with E-state index in [0.29, 0.717) is 50.9 Å². The fourth-order valence-corrected chi connectivity index (χ4v) is 4.65. The molecular formula is C26H32N4O7S. The first-order chi connectivity index (χ1) is 18.0. The highest BCUT2D eigenvalue weighted by Gasteiger charge is 2.20. The molecule has 0 aliphatic carbocycles.